The first-order chi connectivity index (χ1) is 10.1. The lowest BCUT2D eigenvalue weighted by atomic mass is 9.99. The van der Waals surface area contributed by atoms with Crippen LogP contribution in [0.2, 0.25) is 0 Å². The highest BCUT2D eigenvalue weighted by Gasteiger charge is 2.20. The number of ketones is 1. The molecule has 21 heavy (non-hydrogen) atoms. The van der Waals surface area contributed by atoms with E-state index in [0.29, 0.717) is 16.5 Å². The number of benzene rings is 1. The summed E-state index contributed by atoms with van der Waals surface area (Å²) in [6.07, 6.45) is 2.94. The molecule has 0 bridgehead atoms. The minimum absolute atomic E-state index is 0.0266. The van der Waals surface area contributed by atoms with Gasteiger partial charge in [0.2, 0.25) is 5.78 Å². The predicted octanol–water partition coefficient (Wildman–Crippen LogP) is 2.43. The molecule has 0 atom stereocenters. The second kappa shape index (κ2) is 4.86. The highest BCUT2D eigenvalue weighted by Crippen LogP contribution is 2.29. The van der Waals surface area contributed by atoms with E-state index in [0.717, 1.165) is 0 Å². The van der Waals surface area contributed by atoms with E-state index in [1.165, 1.54) is 18.3 Å². The molecule has 104 valence electrons. The Bertz CT molecular complexity index is 897. The third-order valence-electron chi connectivity index (χ3n) is 3.25. The summed E-state index contributed by atoms with van der Waals surface area (Å²) in [7, 11) is 0. The van der Waals surface area contributed by atoms with Crippen molar-refractivity contribution in [1.29, 1.82) is 0 Å². The monoisotopic (exact) mass is 281 g/mol. The number of phenolic OH excluding ortho intramolecular Hbond substituents is 1. The van der Waals surface area contributed by atoms with Crippen LogP contribution in [-0.4, -0.2) is 15.9 Å². The second-order valence-electron chi connectivity index (χ2n) is 4.66. The Hall–Kier alpha value is -2.95. The normalized spacial score (nSPS) is 10.7. The number of aromatic nitrogens is 1. The molecule has 0 fully saturated rings. The van der Waals surface area contributed by atoms with Crippen molar-refractivity contribution in [3.63, 3.8) is 0 Å². The van der Waals surface area contributed by atoms with Gasteiger partial charge < -0.3 is 9.52 Å². The molecular formula is C16H11NO4. The molecule has 2 heterocycles. The second-order valence-corrected chi connectivity index (χ2v) is 4.66. The van der Waals surface area contributed by atoms with Gasteiger partial charge in [-0.1, -0.05) is 0 Å². The Morgan fingerprint density at radius 1 is 1.29 bits per heavy atom. The van der Waals surface area contributed by atoms with Crippen molar-refractivity contribution in [3.8, 4) is 5.75 Å². The van der Waals surface area contributed by atoms with Crippen molar-refractivity contribution in [2.75, 3.05) is 0 Å². The molecule has 0 saturated carbocycles. The van der Waals surface area contributed by atoms with Gasteiger partial charge in [-0.25, -0.2) is 4.79 Å². The maximum atomic E-state index is 12.5. The van der Waals surface area contributed by atoms with Crippen molar-refractivity contribution < 1.29 is 14.3 Å². The quantitative estimate of drug-likeness (QED) is 0.576. The van der Waals surface area contributed by atoms with E-state index in [9.17, 15) is 14.7 Å². The zero-order valence-electron chi connectivity index (χ0n) is 11.2. The van der Waals surface area contributed by atoms with Crippen molar-refractivity contribution in [2.24, 2.45) is 0 Å². The maximum Gasteiger partial charge on any atom is 0.336 e. The summed E-state index contributed by atoms with van der Waals surface area (Å²) in [5, 5.41) is 10.6. The number of rotatable bonds is 2. The lowest BCUT2D eigenvalue weighted by molar-refractivity contribution is 0.103. The molecular weight excluding hydrogens is 270 g/mol. The summed E-state index contributed by atoms with van der Waals surface area (Å²) >= 11 is 0. The molecule has 5 nitrogen and oxygen atoms in total. The van der Waals surface area contributed by atoms with E-state index >= 15 is 0 Å². The van der Waals surface area contributed by atoms with Gasteiger partial charge in [0.1, 0.15) is 11.3 Å². The molecule has 1 N–H and O–H groups in total. The first kappa shape index (κ1) is 13.1. The Kier molecular flexibility index (Phi) is 3.02. The average Bonchev–Trinajstić information content (AvgIpc) is 2.47. The number of pyridine rings is 1. The van der Waals surface area contributed by atoms with Gasteiger partial charge in [-0.2, -0.15) is 0 Å². The Morgan fingerprint density at radius 3 is 2.81 bits per heavy atom. The molecule has 0 spiro atoms. The summed E-state index contributed by atoms with van der Waals surface area (Å²) < 4.78 is 5.14. The van der Waals surface area contributed by atoms with Gasteiger partial charge in [0.15, 0.2) is 5.58 Å². The lowest BCUT2D eigenvalue weighted by Crippen LogP contribution is -2.06. The van der Waals surface area contributed by atoms with Crippen LogP contribution in [0.25, 0.3) is 11.0 Å². The van der Waals surface area contributed by atoms with Gasteiger partial charge in [0, 0.05) is 29.4 Å². The summed E-state index contributed by atoms with van der Waals surface area (Å²) in [5.74, 6) is -0.676. The third-order valence-corrected chi connectivity index (χ3v) is 3.25. The fourth-order valence-electron chi connectivity index (χ4n) is 2.23. The molecule has 5 heteroatoms. The largest absolute Gasteiger partial charge is 0.507 e. The smallest absolute Gasteiger partial charge is 0.336 e. The minimum atomic E-state index is -0.564. The topological polar surface area (TPSA) is 80.4 Å². The Morgan fingerprint density at radius 2 is 2.10 bits per heavy atom. The number of aromatic hydroxyl groups is 1. The van der Waals surface area contributed by atoms with Crippen molar-refractivity contribution >= 4 is 16.8 Å². The summed E-state index contributed by atoms with van der Waals surface area (Å²) in [6, 6.07) is 7.58. The Balaban J connectivity index is 2.34. The average molecular weight is 281 g/mol. The van der Waals surface area contributed by atoms with Crippen LogP contribution < -0.4 is 5.63 Å². The molecule has 1 aromatic carbocycles. The number of phenols is 1. The number of aryl methyl sites for hydroxylation is 1. The van der Waals surface area contributed by atoms with E-state index in [4.69, 9.17) is 4.42 Å². The predicted molar refractivity (Wildman–Crippen MR) is 76.6 cm³/mol. The molecule has 0 aliphatic heterocycles. The number of fused-ring (bicyclic) bond motifs is 1. The van der Waals surface area contributed by atoms with E-state index < -0.39 is 11.4 Å². The first-order valence-electron chi connectivity index (χ1n) is 6.29. The fourth-order valence-corrected chi connectivity index (χ4v) is 2.23. The van der Waals surface area contributed by atoms with Gasteiger partial charge in [0.25, 0.3) is 0 Å². The summed E-state index contributed by atoms with van der Waals surface area (Å²) in [5.41, 5.74) is 0.493. The SMILES string of the molecule is Cc1cc(=O)oc2c(C(=O)c3cccnc3)c(O)ccc12. The minimum Gasteiger partial charge on any atom is -0.507 e. The molecule has 3 aromatic rings. The van der Waals surface area contributed by atoms with Crippen molar-refractivity contribution in [2.45, 2.75) is 6.92 Å². The van der Waals surface area contributed by atoms with Crippen LogP contribution in [0.3, 0.4) is 0 Å². The number of nitrogens with zero attached hydrogens (tertiary/aromatic N) is 1. The van der Waals surface area contributed by atoms with E-state index in [1.807, 2.05) is 0 Å². The van der Waals surface area contributed by atoms with Crippen molar-refractivity contribution in [3.05, 3.63) is 69.8 Å². The standard InChI is InChI=1S/C16H11NO4/c1-9-7-13(19)21-16-11(9)4-5-12(18)14(16)15(20)10-3-2-6-17-8-10/h2-8,18H,1H3. The van der Waals surface area contributed by atoms with Crippen LogP contribution in [0.15, 0.2) is 51.9 Å². The number of hydrogen-bond donors (Lipinski definition) is 1. The van der Waals surface area contributed by atoms with Gasteiger partial charge in [-0.3, -0.25) is 9.78 Å². The molecule has 0 saturated heterocycles. The molecule has 3 rings (SSSR count). The Labute approximate surface area is 119 Å². The molecule has 0 radical (unpaired) electrons. The molecule has 0 unspecified atom stereocenters. The van der Waals surface area contributed by atoms with Crippen LogP contribution in [0.5, 0.6) is 5.75 Å². The van der Waals surface area contributed by atoms with Gasteiger partial charge >= 0.3 is 5.63 Å². The highest BCUT2D eigenvalue weighted by atomic mass is 16.4. The lowest BCUT2D eigenvalue weighted by Gasteiger charge is -2.08. The van der Waals surface area contributed by atoms with Gasteiger partial charge in [-0.05, 0) is 36.8 Å². The van der Waals surface area contributed by atoms with Crippen LogP contribution in [0.4, 0.5) is 0 Å². The van der Waals surface area contributed by atoms with Crippen LogP contribution in [-0.2, 0) is 0 Å². The van der Waals surface area contributed by atoms with Crippen LogP contribution >= 0.6 is 0 Å². The highest BCUT2D eigenvalue weighted by molar-refractivity contribution is 6.17. The number of carbonyl (C=O) groups is 1. The summed E-state index contributed by atoms with van der Waals surface area (Å²) in [4.78, 5) is 28.0. The van der Waals surface area contributed by atoms with Crippen LogP contribution in [0, 0.1) is 6.92 Å². The third kappa shape index (κ3) is 2.18. The zero-order valence-corrected chi connectivity index (χ0v) is 11.2. The molecule has 0 aliphatic carbocycles. The van der Waals surface area contributed by atoms with E-state index in [2.05, 4.69) is 4.98 Å². The fraction of sp³-hybridized carbons (Fsp3) is 0.0625. The zero-order chi connectivity index (χ0) is 15.0. The molecule has 2 aromatic heterocycles. The number of hydrogen-bond acceptors (Lipinski definition) is 5. The number of carbonyl (C=O) groups excluding carboxylic acids is 1. The van der Waals surface area contributed by atoms with Gasteiger partial charge in [-0.15, -0.1) is 0 Å². The molecule has 0 amide bonds. The van der Waals surface area contributed by atoms with E-state index in [1.54, 1.807) is 31.3 Å². The summed E-state index contributed by atoms with van der Waals surface area (Å²) in [6.45, 7) is 1.74. The van der Waals surface area contributed by atoms with Gasteiger partial charge in [0.05, 0.1) is 0 Å². The van der Waals surface area contributed by atoms with Crippen LogP contribution in [0.1, 0.15) is 21.5 Å². The maximum absolute atomic E-state index is 12.5. The van der Waals surface area contributed by atoms with E-state index in [-0.39, 0.29) is 16.9 Å². The molecule has 0 aliphatic rings. The van der Waals surface area contributed by atoms with Crippen molar-refractivity contribution in [1.82, 2.24) is 4.98 Å². The first-order valence-corrected chi connectivity index (χ1v) is 6.29.